The number of methoxy groups -OCH3 is 1. The van der Waals surface area contributed by atoms with Gasteiger partial charge in [0.25, 0.3) is 0 Å². The van der Waals surface area contributed by atoms with Crippen LogP contribution in [0.5, 0.6) is 5.75 Å². The highest BCUT2D eigenvalue weighted by atomic mass is 16.5. The fourth-order valence-corrected chi connectivity index (χ4v) is 2.70. The number of hydrogen-bond acceptors (Lipinski definition) is 7. The number of aromatic nitrogens is 3. The summed E-state index contributed by atoms with van der Waals surface area (Å²) < 4.78 is 5.29. The molecule has 140 valence electrons. The van der Waals surface area contributed by atoms with Crippen LogP contribution in [0, 0.1) is 0 Å². The third-order valence-corrected chi connectivity index (χ3v) is 4.30. The summed E-state index contributed by atoms with van der Waals surface area (Å²) >= 11 is 0. The van der Waals surface area contributed by atoms with Crippen LogP contribution in [0.3, 0.4) is 0 Å². The summed E-state index contributed by atoms with van der Waals surface area (Å²) in [5.74, 6) is 2.09. The van der Waals surface area contributed by atoms with Gasteiger partial charge in [-0.05, 0) is 43.8 Å². The molecule has 0 aliphatic heterocycles. The molecule has 0 saturated heterocycles. The topological polar surface area (TPSA) is 89.2 Å². The molecule has 0 aliphatic carbocycles. The minimum Gasteiger partial charge on any atom is -0.497 e. The van der Waals surface area contributed by atoms with Crippen molar-refractivity contribution in [3.63, 3.8) is 0 Å². The van der Waals surface area contributed by atoms with Gasteiger partial charge in [-0.1, -0.05) is 30.3 Å². The summed E-state index contributed by atoms with van der Waals surface area (Å²) in [6.45, 7) is 2.77. The zero-order valence-corrected chi connectivity index (χ0v) is 15.8. The summed E-state index contributed by atoms with van der Waals surface area (Å²) in [4.78, 5) is 15.2. The number of para-hydroxylation sites is 1. The lowest BCUT2D eigenvalue weighted by Gasteiger charge is -2.24. The van der Waals surface area contributed by atoms with Crippen LogP contribution in [0.15, 0.2) is 54.6 Å². The Bertz CT molecular complexity index is 887. The molecule has 0 fully saturated rings. The maximum atomic E-state index is 5.90. The van der Waals surface area contributed by atoms with Crippen LogP contribution >= 0.6 is 0 Å². The molecule has 0 amide bonds. The quantitative estimate of drug-likeness (QED) is 0.664. The predicted octanol–water partition coefficient (Wildman–Crippen LogP) is 3.40. The number of benzene rings is 2. The van der Waals surface area contributed by atoms with Gasteiger partial charge in [-0.15, -0.1) is 0 Å². The second-order valence-corrected chi connectivity index (χ2v) is 6.31. The second-order valence-electron chi connectivity index (χ2n) is 6.31. The maximum absolute atomic E-state index is 5.90. The Hall–Kier alpha value is -3.19. The van der Waals surface area contributed by atoms with Gasteiger partial charge in [-0.2, -0.15) is 15.0 Å². The van der Waals surface area contributed by atoms with Gasteiger partial charge in [0, 0.05) is 12.2 Å². The van der Waals surface area contributed by atoms with Crippen LogP contribution < -0.4 is 15.8 Å². The van der Waals surface area contributed by atoms with Crippen molar-refractivity contribution in [3.8, 4) is 5.75 Å². The zero-order chi connectivity index (χ0) is 19.2. The van der Waals surface area contributed by atoms with E-state index >= 15 is 0 Å². The Morgan fingerprint density at radius 2 is 1.85 bits per heavy atom. The average Bonchev–Trinajstić information content (AvgIpc) is 2.68. The van der Waals surface area contributed by atoms with Gasteiger partial charge < -0.3 is 15.8 Å². The van der Waals surface area contributed by atoms with Crippen molar-refractivity contribution in [2.45, 2.75) is 19.5 Å². The molecule has 1 aromatic heterocycles. The highest BCUT2D eigenvalue weighted by Gasteiger charge is 2.17. The van der Waals surface area contributed by atoms with Gasteiger partial charge in [0.15, 0.2) is 5.82 Å². The summed E-state index contributed by atoms with van der Waals surface area (Å²) in [6.07, 6.45) is 0. The standard InChI is InChI=1S/C20H24N6O/c1-14(26(2)13-15-8-7-11-17(12-15)27-3)18-23-19(21)25-20(24-18)22-16-9-5-4-6-10-16/h4-12,14H,13H2,1-3H3,(H3,21,22,23,24,25). The minimum absolute atomic E-state index is 0.0437. The molecule has 0 radical (unpaired) electrons. The van der Waals surface area contributed by atoms with Crippen molar-refractivity contribution in [1.29, 1.82) is 0 Å². The summed E-state index contributed by atoms with van der Waals surface area (Å²) in [7, 11) is 3.69. The van der Waals surface area contributed by atoms with Crippen molar-refractivity contribution in [2.75, 3.05) is 25.2 Å². The van der Waals surface area contributed by atoms with Crippen LogP contribution in [0.2, 0.25) is 0 Å². The Morgan fingerprint density at radius 3 is 2.59 bits per heavy atom. The van der Waals surface area contributed by atoms with Crippen LogP contribution in [0.1, 0.15) is 24.4 Å². The average molecular weight is 364 g/mol. The molecule has 27 heavy (non-hydrogen) atoms. The van der Waals surface area contributed by atoms with E-state index < -0.39 is 0 Å². The van der Waals surface area contributed by atoms with E-state index in [2.05, 4.69) is 31.2 Å². The monoisotopic (exact) mass is 364 g/mol. The van der Waals surface area contributed by atoms with E-state index in [1.54, 1.807) is 7.11 Å². The van der Waals surface area contributed by atoms with E-state index in [0.717, 1.165) is 23.5 Å². The molecular weight excluding hydrogens is 340 g/mol. The predicted molar refractivity (Wildman–Crippen MR) is 107 cm³/mol. The Balaban J connectivity index is 1.75. The van der Waals surface area contributed by atoms with Crippen molar-refractivity contribution in [3.05, 3.63) is 66.0 Å². The highest BCUT2D eigenvalue weighted by Crippen LogP contribution is 2.22. The van der Waals surface area contributed by atoms with Crippen LogP contribution in [-0.2, 0) is 6.54 Å². The Labute approximate surface area is 159 Å². The summed E-state index contributed by atoms with van der Waals surface area (Å²) in [5, 5.41) is 3.17. The second kappa shape index (κ2) is 8.46. The lowest BCUT2D eigenvalue weighted by molar-refractivity contribution is 0.243. The van der Waals surface area contributed by atoms with Gasteiger partial charge >= 0.3 is 0 Å². The Kier molecular flexibility index (Phi) is 5.83. The van der Waals surface area contributed by atoms with Crippen LogP contribution in [0.4, 0.5) is 17.6 Å². The molecule has 7 nitrogen and oxygen atoms in total. The SMILES string of the molecule is COc1cccc(CN(C)C(C)c2nc(N)nc(Nc3ccccc3)n2)c1. The highest BCUT2D eigenvalue weighted by molar-refractivity contribution is 5.53. The fraction of sp³-hybridized carbons (Fsp3) is 0.250. The maximum Gasteiger partial charge on any atom is 0.232 e. The van der Waals surface area contributed by atoms with E-state index in [1.807, 2.05) is 62.5 Å². The molecule has 3 rings (SSSR count). The lowest BCUT2D eigenvalue weighted by Crippen LogP contribution is -2.24. The number of nitrogens with zero attached hydrogens (tertiary/aromatic N) is 4. The molecule has 1 atom stereocenters. The van der Waals surface area contributed by atoms with E-state index in [9.17, 15) is 0 Å². The van der Waals surface area contributed by atoms with Crippen LogP contribution in [0.25, 0.3) is 0 Å². The first kappa shape index (κ1) is 18.6. The van der Waals surface area contributed by atoms with E-state index in [-0.39, 0.29) is 12.0 Å². The molecule has 7 heteroatoms. The van der Waals surface area contributed by atoms with E-state index in [4.69, 9.17) is 10.5 Å². The first-order valence-corrected chi connectivity index (χ1v) is 8.72. The number of hydrogen-bond donors (Lipinski definition) is 2. The molecular formula is C20H24N6O. The smallest absolute Gasteiger partial charge is 0.232 e. The molecule has 1 unspecified atom stereocenters. The fourth-order valence-electron chi connectivity index (χ4n) is 2.70. The van der Waals surface area contributed by atoms with Crippen LogP contribution in [-0.4, -0.2) is 34.0 Å². The number of nitrogen functional groups attached to an aromatic ring is 1. The number of nitrogens with two attached hydrogens (primary N) is 1. The summed E-state index contributed by atoms with van der Waals surface area (Å²) in [5.41, 5.74) is 7.95. The molecule has 3 aromatic rings. The van der Waals surface area contributed by atoms with E-state index in [0.29, 0.717) is 11.8 Å². The molecule has 1 heterocycles. The van der Waals surface area contributed by atoms with E-state index in [1.165, 1.54) is 0 Å². The zero-order valence-electron chi connectivity index (χ0n) is 15.8. The molecule has 3 N–H and O–H groups in total. The molecule has 2 aromatic carbocycles. The van der Waals surface area contributed by atoms with Gasteiger partial charge in [-0.3, -0.25) is 4.90 Å². The van der Waals surface area contributed by atoms with Gasteiger partial charge in [0.1, 0.15) is 5.75 Å². The van der Waals surface area contributed by atoms with Crippen molar-refractivity contribution >= 4 is 17.6 Å². The van der Waals surface area contributed by atoms with Crippen molar-refractivity contribution in [2.24, 2.45) is 0 Å². The number of nitrogens with one attached hydrogen (secondary N) is 1. The molecule has 0 aliphatic rings. The summed E-state index contributed by atoms with van der Waals surface area (Å²) in [6, 6.07) is 17.7. The normalized spacial score (nSPS) is 12.0. The molecule has 0 bridgehead atoms. The molecule has 0 spiro atoms. The number of rotatable bonds is 7. The first-order valence-electron chi connectivity index (χ1n) is 8.72. The van der Waals surface area contributed by atoms with Gasteiger partial charge in [0.2, 0.25) is 11.9 Å². The number of anilines is 3. The Morgan fingerprint density at radius 1 is 1.07 bits per heavy atom. The largest absolute Gasteiger partial charge is 0.497 e. The first-order chi connectivity index (χ1) is 13.0. The van der Waals surface area contributed by atoms with Gasteiger partial charge in [0.05, 0.1) is 13.2 Å². The number of ether oxygens (including phenoxy) is 1. The minimum atomic E-state index is -0.0437. The lowest BCUT2D eigenvalue weighted by atomic mass is 10.2. The van der Waals surface area contributed by atoms with Crippen molar-refractivity contribution < 1.29 is 4.74 Å². The third-order valence-electron chi connectivity index (χ3n) is 4.30. The van der Waals surface area contributed by atoms with Gasteiger partial charge in [-0.25, -0.2) is 0 Å². The third kappa shape index (κ3) is 4.92. The van der Waals surface area contributed by atoms with Crippen molar-refractivity contribution in [1.82, 2.24) is 19.9 Å². The molecule has 0 saturated carbocycles.